The molecule has 2 rings (SSSR count). The summed E-state index contributed by atoms with van der Waals surface area (Å²) in [6.45, 7) is 5.43. The minimum absolute atomic E-state index is 0.0711. The van der Waals surface area contributed by atoms with Crippen molar-refractivity contribution in [3.05, 3.63) is 47.5 Å². The van der Waals surface area contributed by atoms with Crippen LogP contribution >= 0.6 is 0 Å². The summed E-state index contributed by atoms with van der Waals surface area (Å²) in [5.41, 5.74) is 0.774. The van der Waals surface area contributed by atoms with Gasteiger partial charge in [0.2, 0.25) is 0 Å². The summed E-state index contributed by atoms with van der Waals surface area (Å²) in [4.78, 5) is 17.6. The third-order valence-electron chi connectivity index (χ3n) is 3.67. The van der Waals surface area contributed by atoms with Crippen molar-refractivity contribution in [1.29, 1.82) is 0 Å². The number of aryl methyl sites for hydroxylation is 1. The van der Waals surface area contributed by atoms with Crippen LogP contribution in [0.2, 0.25) is 0 Å². The molecule has 118 valence electrons. The molecular formula is C16H21N3O3. The minimum Gasteiger partial charge on any atom is -0.507 e. The van der Waals surface area contributed by atoms with Crippen LogP contribution < -0.4 is 0 Å². The molecule has 0 amide bonds. The zero-order valence-electron chi connectivity index (χ0n) is 13.0. The van der Waals surface area contributed by atoms with Gasteiger partial charge in [-0.25, -0.2) is 9.78 Å². The van der Waals surface area contributed by atoms with Crippen molar-refractivity contribution in [2.75, 3.05) is 0 Å². The van der Waals surface area contributed by atoms with Crippen LogP contribution in [0.15, 0.2) is 30.6 Å². The lowest BCUT2D eigenvalue weighted by Crippen LogP contribution is -2.31. The quantitative estimate of drug-likeness (QED) is 0.855. The van der Waals surface area contributed by atoms with Gasteiger partial charge in [0.1, 0.15) is 17.1 Å². The first-order chi connectivity index (χ1) is 10.4. The molecule has 0 bridgehead atoms. The van der Waals surface area contributed by atoms with Gasteiger partial charge in [0, 0.05) is 32.0 Å². The molecule has 6 nitrogen and oxygen atoms in total. The van der Waals surface area contributed by atoms with E-state index in [2.05, 4.69) is 23.7 Å². The summed E-state index contributed by atoms with van der Waals surface area (Å²) < 4.78 is 1.97. The van der Waals surface area contributed by atoms with E-state index >= 15 is 0 Å². The lowest BCUT2D eigenvalue weighted by molar-refractivity contribution is 0.0693. The largest absolute Gasteiger partial charge is 0.507 e. The van der Waals surface area contributed by atoms with E-state index < -0.39 is 5.97 Å². The Hall–Kier alpha value is -2.34. The summed E-state index contributed by atoms with van der Waals surface area (Å²) in [6, 6.07) is 4.97. The third kappa shape index (κ3) is 3.65. The fourth-order valence-corrected chi connectivity index (χ4v) is 2.24. The van der Waals surface area contributed by atoms with Crippen LogP contribution in [0, 0.1) is 0 Å². The molecular weight excluding hydrogens is 282 g/mol. The van der Waals surface area contributed by atoms with Crippen molar-refractivity contribution in [3.63, 3.8) is 0 Å². The van der Waals surface area contributed by atoms with Crippen LogP contribution in [0.4, 0.5) is 0 Å². The van der Waals surface area contributed by atoms with Crippen molar-refractivity contribution >= 4 is 5.97 Å². The van der Waals surface area contributed by atoms with Crippen molar-refractivity contribution in [3.8, 4) is 5.75 Å². The van der Waals surface area contributed by atoms with E-state index in [4.69, 9.17) is 5.11 Å². The zero-order chi connectivity index (χ0) is 16.3. The molecule has 1 aromatic carbocycles. The van der Waals surface area contributed by atoms with E-state index in [9.17, 15) is 9.90 Å². The van der Waals surface area contributed by atoms with Gasteiger partial charge in [0.25, 0.3) is 0 Å². The number of hydrogen-bond donors (Lipinski definition) is 2. The van der Waals surface area contributed by atoms with E-state index in [1.807, 2.05) is 17.8 Å². The highest BCUT2D eigenvalue weighted by Gasteiger charge is 2.16. The molecule has 0 saturated heterocycles. The van der Waals surface area contributed by atoms with Crippen molar-refractivity contribution in [2.24, 2.45) is 7.05 Å². The SMILES string of the molecule is CC(C)N(Cc1ccc(O)c(C(=O)O)c1)Cc1nccn1C. The Morgan fingerprint density at radius 1 is 1.36 bits per heavy atom. The molecule has 2 N–H and O–H groups in total. The third-order valence-corrected chi connectivity index (χ3v) is 3.67. The van der Waals surface area contributed by atoms with Gasteiger partial charge < -0.3 is 14.8 Å². The van der Waals surface area contributed by atoms with Gasteiger partial charge in [-0.05, 0) is 31.5 Å². The highest BCUT2D eigenvalue weighted by atomic mass is 16.4. The first kappa shape index (κ1) is 16.0. The van der Waals surface area contributed by atoms with Gasteiger partial charge in [0.05, 0.1) is 6.54 Å². The Labute approximate surface area is 129 Å². The summed E-state index contributed by atoms with van der Waals surface area (Å²) in [5.74, 6) is -0.387. The number of carboxylic acids is 1. The number of nitrogens with zero attached hydrogens (tertiary/aromatic N) is 3. The van der Waals surface area contributed by atoms with Gasteiger partial charge in [0.15, 0.2) is 0 Å². The first-order valence-electron chi connectivity index (χ1n) is 7.14. The standard InChI is InChI=1S/C16H21N3O3/c1-11(2)19(10-15-17-6-7-18(15)3)9-12-4-5-14(20)13(8-12)16(21)22/h4-8,11,20H,9-10H2,1-3H3,(H,21,22). The molecule has 1 heterocycles. The molecule has 0 aliphatic rings. The fourth-order valence-electron chi connectivity index (χ4n) is 2.24. The summed E-state index contributed by atoms with van der Waals surface area (Å²) in [6.07, 6.45) is 3.66. The molecule has 2 aromatic rings. The number of imidazole rings is 1. The van der Waals surface area contributed by atoms with E-state index in [0.717, 1.165) is 11.4 Å². The number of carbonyl (C=O) groups is 1. The fraction of sp³-hybridized carbons (Fsp3) is 0.375. The number of carboxylic acid groups (broad SMARTS) is 1. The number of aromatic carboxylic acids is 1. The molecule has 0 aliphatic heterocycles. The Bertz CT molecular complexity index is 664. The summed E-state index contributed by atoms with van der Waals surface area (Å²) >= 11 is 0. The Morgan fingerprint density at radius 2 is 2.09 bits per heavy atom. The van der Waals surface area contributed by atoms with Crippen LogP contribution in [0.3, 0.4) is 0 Å². The minimum atomic E-state index is -1.13. The molecule has 0 spiro atoms. The van der Waals surface area contributed by atoms with E-state index in [-0.39, 0.29) is 17.4 Å². The first-order valence-corrected chi connectivity index (χ1v) is 7.14. The monoisotopic (exact) mass is 303 g/mol. The Morgan fingerprint density at radius 3 is 2.64 bits per heavy atom. The molecule has 0 radical (unpaired) electrons. The van der Waals surface area contributed by atoms with Crippen LogP contribution in [0.5, 0.6) is 5.75 Å². The second kappa shape index (κ2) is 6.62. The maximum atomic E-state index is 11.1. The Kier molecular flexibility index (Phi) is 4.82. The number of hydrogen-bond acceptors (Lipinski definition) is 4. The molecule has 6 heteroatoms. The summed E-state index contributed by atoms with van der Waals surface area (Å²) in [7, 11) is 1.95. The number of aromatic nitrogens is 2. The number of rotatable bonds is 6. The smallest absolute Gasteiger partial charge is 0.339 e. The molecule has 0 aliphatic carbocycles. The number of benzene rings is 1. The van der Waals surface area contributed by atoms with E-state index in [1.165, 1.54) is 12.1 Å². The predicted octanol–water partition coefficient (Wildman–Crippen LogP) is 2.23. The van der Waals surface area contributed by atoms with Crippen LogP contribution in [-0.4, -0.2) is 36.7 Å². The number of phenols is 1. The normalized spacial score (nSPS) is 11.3. The predicted molar refractivity (Wildman–Crippen MR) is 82.7 cm³/mol. The maximum Gasteiger partial charge on any atom is 0.339 e. The highest BCUT2D eigenvalue weighted by molar-refractivity contribution is 5.90. The van der Waals surface area contributed by atoms with Gasteiger partial charge in [-0.3, -0.25) is 4.90 Å². The average Bonchev–Trinajstić information content (AvgIpc) is 2.85. The van der Waals surface area contributed by atoms with E-state index in [0.29, 0.717) is 13.1 Å². The molecule has 0 saturated carbocycles. The van der Waals surface area contributed by atoms with Crippen LogP contribution in [0.25, 0.3) is 0 Å². The molecule has 22 heavy (non-hydrogen) atoms. The lowest BCUT2D eigenvalue weighted by Gasteiger charge is -2.26. The van der Waals surface area contributed by atoms with Gasteiger partial charge in [-0.2, -0.15) is 0 Å². The highest BCUT2D eigenvalue weighted by Crippen LogP contribution is 2.20. The topological polar surface area (TPSA) is 78.6 Å². The molecule has 0 atom stereocenters. The summed E-state index contributed by atoms with van der Waals surface area (Å²) in [5, 5.41) is 18.7. The second-order valence-corrected chi connectivity index (χ2v) is 5.61. The molecule has 0 fully saturated rings. The zero-order valence-corrected chi connectivity index (χ0v) is 13.0. The second-order valence-electron chi connectivity index (χ2n) is 5.61. The van der Waals surface area contributed by atoms with E-state index in [1.54, 1.807) is 12.3 Å². The average molecular weight is 303 g/mol. The maximum absolute atomic E-state index is 11.1. The molecule has 0 unspecified atom stereocenters. The van der Waals surface area contributed by atoms with Gasteiger partial charge >= 0.3 is 5.97 Å². The van der Waals surface area contributed by atoms with Gasteiger partial charge in [-0.1, -0.05) is 6.07 Å². The van der Waals surface area contributed by atoms with Gasteiger partial charge in [-0.15, -0.1) is 0 Å². The van der Waals surface area contributed by atoms with Crippen molar-refractivity contribution in [2.45, 2.75) is 33.0 Å². The van der Waals surface area contributed by atoms with Crippen molar-refractivity contribution < 1.29 is 15.0 Å². The number of aromatic hydroxyl groups is 1. The Balaban J connectivity index is 2.19. The molecule has 1 aromatic heterocycles. The lowest BCUT2D eigenvalue weighted by atomic mass is 10.1. The van der Waals surface area contributed by atoms with Crippen LogP contribution in [-0.2, 0) is 20.1 Å². The van der Waals surface area contributed by atoms with Crippen molar-refractivity contribution in [1.82, 2.24) is 14.5 Å². The van der Waals surface area contributed by atoms with Crippen LogP contribution in [0.1, 0.15) is 35.6 Å².